The van der Waals surface area contributed by atoms with Crippen LogP contribution in [0, 0.1) is 0 Å². The van der Waals surface area contributed by atoms with Crippen molar-refractivity contribution in [3.63, 3.8) is 0 Å². The summed E-state index contributed by atoms with van der Waals surface area (Å²) in [7, 11) is 0. The molecule has 0 aromatic heterocycles. The summed E-state index contributed by atoms with van der Waals surface area (Å²) in [5, 5.41) is 0. The van der Waals surface area contributed by atoms with Gasteiger partial charge in [-0.05, 0) is 24.0 Å². The number of rotatable bonds is 2. The molecule has 0 amide bonds. The Morgan fingerprint density at radius 3 is 1.62 bits per heavy atom. The number of allylic oxidation sites excluding steroid dienone is 4. The van der Waals surface area contributed by atoms with Crippen LogP contribution in [0.5, 0.6) is 0 Å². The van der Waals surface area contributed by atoms with Crippen molar-refractivity contribution in [2.45, 2.75) is 26.7 Å². The second-order valence-corrected chi connectivity index (χ2v) is 2.15. The van der Waals surface area contributed by atoms with E-state index < -0.39 is 0 Å². The zero-order chi connectivity index (χ0) is 5.98. The van der Waals surface area contributed by atoms with E-state index in [2.05, 4.69) is 26.0 Å². The lowest BCUT2D eigenvalue weighted by molar-refractivity contribution is 1.04. The average Bonchev–Trinajstić information content (AvgIpc) is 1.65. The largest absolute Gasteiger partial charge is 0.0613 e. The minimum atomic E-state index is 1.20. The van der Waals surface area contributed by atoms with Crippen LogP contribution >= 0.6 is 0 Å². The summed E-state index contributed by atoms with van der Waals surface area (Å²) in [6.07, 6.45) is 6.95. The molecule has 0 nitrogen and oxygen atoms in total. The first-order valence-corrected chi connectivity index (χ1v) is 3.28. The maximum absolute atomic E-state index is 2.28. The maximum Gasteiger partial charge on any atom is -0.0307 e. The molecule has 0 aromatic carbocycles. The number of hydrogen-bond donors (Lipinski definition) is 0. The fraction of sp³-hybridized carbons (Fsp3) is 0.500. The summed E-state index contributed by atoms with van der Waals surface area (Å²) in [6, 6.07) is 0. The summed E-state index contributed by atoms with van der Waals surface area (Å²) in [5.41, 5.74) is 3.00. The van der Waals surface area contributed by atoms with Crippen LogP contribution in [0.25, 0.3) is 0 Å². The molecule has 0 spiro atoms. The van der Waals surface area contributed by atoms with Gasteiger partial charge >= 0.3 is 0 Å². The van der Waals surface area contributed by atoms with Gasteiger partial charge in [-0.25, -0.2) is 0 Å². The molecule has 0 heteroatoms. The Kier molecular flexibility index (Phi) is 1.52. The van der Waals surface area contributed by atoms with E-state index in [1.54, 1.807) is 0 Å². The van der Waals surface area contributed by atoms with Crippen LogP contribution in [0.15, 0.2) is 23.3 Å². The fourth-order valence-corrected chi connectivity index (χ4v) is 0.872. The molecule has 44 valence electrons. The standard InChI is InChI=1S/C8H12/c1-3-7-5-8(4-2)6-7/h5-6H,3-4H2,1-2H3. The summed E-state index contributed by atoms with van der Waals surface area (Å²) in [4.78, 5) is 0. The lowest BCUT2D eigenvalue weighted by Crippen LogP contribution is -1.90. The summed E-state index contributed by atoms with van der Waals surface area (Å²) in [6.45, 7) is 4.38. The molecule has 0 unspecified atom stereocenters. The second kappa shape index (κ2) is 2.17. The fourth-order valence-electron chi connectivity index (χ4n) is 0.872. The van der Waals surface area contributed by atoms with Crippen molar-refractivity contribution in [2.24, 2.45) is 0 Å². The minimum Gasteiger partial charge on any atom is -0.0613 e. The first-order valence-electron chi connectivity index (χ1n) is 3.28. The highest BCUT2D eigenvalue weighted by Gasteiger charge is 2.01. The van der Waals surface area contributed by atoms with Gasteiger partial charge in [0.1, 0.15) is 0 Å². The van der Waals surface area contributed by atoms with Gasteiger partial charge in [0.05, 0.1) is 0 Å². The van der Waals surface area contributed by atoms with Gasteiger partial charge in [-0.15, -0.1) is 0 Å². The van der Waals surface area contributed by atoms with E-state index in [1.165, 1.54) is 24.0 Å². The van der Waals surface area contributed by atoms with Crippen molar-refractivity contribution < 1.29 is 0 Å². The van der Waals surface area contributed by atoms with Crippen molar-refractivity contribution in [1.82, 2.24) is 0 Å². The molecule has 0 bridgehead atoms. The number of hydrogen-bond acceptors (Lipinski definition) is 0. The maximum atomic E-state index is 2.28. The van der Waals surface area contributed by atoms with E-state index in [0.717, 1.165) is 0 Å². The molecule has 0 radical (unpaired) electrons. The molecular weight excluding hydrogens is 96.1 g/mol. The average molecular weight is 108 g/mol. The first kappa shape index (κ1) is 5.61. The Hall–Kier alpha value is -0.520. The zero-order valence-corrected chi connectivity index (χ0v) is 5.57. The summed E-state index contributed by atoms with van der Waals surface area (Å²) < 4.78 is 0. The topological polar surface area (TPSA) is 0 Å². The van der Waals surface area contributed by atoms with E-state index in [0.29, 0.717) is 0 Å². The molecule has 0 atom stereocenters. The molecule has 0 aromatic rings. The molecule has 8 heavy (non-hydrogen) atoms. The third-order valence-corrected chi connectivity index (χ3v) is 1.56. The van der Waals surface area contributed by atoms with Gasteiger partial charge < -0.3 is 0 Å². The van der Waals surface area contributed by atoms with Crippen molar-refractivity contribution >= 4 is 0 Å². The predicted octanol–water partition coefficient (Wildman–Crippen LogP) is 2.67. The normalized spacial score (nSPS) is 16.8. The van der Waals surface area contributed by atoms with Crippen molar-refractivity contribution in [3.05, 3.63) is 23.3 Å². The van der Waals surface area contributed by atoms with E-state index in [9.17, 15) is 0 Å². The molecule has 1 aliphatic rings. The van der Waals surface area contributed by atoms with E-state index in [-0.39, 0.29) is 0 Å². The molecule has 1 aliphatic carbocycles. The Bertz CT molecular complexity index is 115. The molecule has 0 saturated carbocycles. The van der Waals surface area contributed by atoms with Gasteiger partial charge in [-0.3, -0.25) is 0 Å². The van der Waals surface area contributed by atoms with Crippen molar-refractivity contribution in [1.29, 1.82) is 0 Å². The SMILES string of the molecule is CCC1=CC(CC)=C1. The van der Waals surface area contributed by atoms with Gasteiger partial charge in [-0.2, -0.15) is 0 Å². The van der Waals surface area contributed by atoms with Crippen LogP contribution < -0.4 is 0 Å². The van der Waals surface area contributed by atoms with Crippen LogP contribution in [-0.4, -0.2) is 0 Å². The molecule has 0 aliphatic heterocycles. The van der Waals surface area contributed by atoms with Gasteiger partial charge in [0.25, 0.3) is 0 Å². The smallest absolute Gasteiger partial charge is 0.0307 e. The van der Waals surface area contributed by atoms with E-state index in [4.69, 9.17) is 0 Å². The minimum absolute atomic E-state index is 1.20. The monoisotopic (exact) mass is 108 g/mol. The highest BCUT2D eigenvalue weighted by molar-refractivity contribution is 5.43. The first-order chi connectivity index (χ1) is 3.86. The molecule has 1 rings (SSSR count). The Morgan fingerprint density at radius 1 is 1.00 bits per heavy atom. The zero-order valence-electron chi connectivity index (χ0n) is 5.57. The van der Waals surface area contributed by atoms with Gasteiger partial charge in [0.15, 0.2) is 0 Å². The van der Waals surface area contributed by atoms with E-state index in [1.807, 2.05) is 0 Å². The highest BCUT2D eigenvalue weighted by atomic mass is 14.1. The van der Waals surface area contributed by atoms with Crippen LogP contribution in [0.4, 0.5) is 0 Å². The Labute approximate surface area is 50.9 Å². The Morgan fingerprint density at radius 2 is 1.38 bits per heavy atom. The van der Waals surface area contributed by atoms with Crippen LogP contribution in [0.2, 0.25) is 0 Å². The third kappa shape index (κ3) is 0.835. The van der Waals surface area contributed by atoms with Crippen LogP contribution in [0.3, 0.4) is 0 Å². The highest BCUT2D eigenvalue weighted by Crippen LogP contribution is 2.21. The lowest BCUT2D eigenvalue weighted by Gasteiger charge is -2.10. The Balaban J connectivity index is 2.34. The van der Waals surface area contributed by atoms with E-state index >= 15 is 0 Å². The predicted molar refractivity (Wildman–Crippen MR) is 36.7 cm³/mol. The second-order valence-electron chi connectivity index (χ2n) is 2.15. The van der Waals surface area contributed by atoms with Crippen molar-refractivity contribution in [3.8, 4) is 0 Å². The van der Waals surface area contributed by atoms with Crippen LogP contribution in [0.1, 0.15) is 26.7 Å². The van der Waals surface area contributed by atoms with Crippen LogP contribution in [-0.2, 0) is 0 Å². The van der Waals surface area contributed by atoms with Gasteiger partial charge in [0.2, 0.25) is 0 Å². The van der Waals surface area contributed by atoms with Gasteiger partial charge in [0, 0.05) is 0 Å². The molecular formula is C8H12. The summed E-state index contributed by atoms with van der Waals surface area (Å²) >= 11 is 0. The quantitative estimate of drug-likeness (QED) is 0.510. The molecule has 0 N–H and O–H groups in total. The molecule has 0 heterocycles. The van der Waals surface area contributed by atoms with Gasteiger partial charge in [-0.1, -0.05) is 26.0 Å². The lowest BCUT2D eigenvalue weighted by atomic mass is 9.96. The molecule has 0 fully saturated rings. The summed E-state index contributed by atoms with van der Waals surface area (Å²) in [5.74, 6) is 0. The molecule has 0 saturated heterocycles. The third-order valence-electron chi connectivity index (χ3n) is 1.56. The van der Waals surface area contributed by atoms with Crippen molar-refractivity contribution in [2.75, 3.05) is 0 Å².